The molecule has 0 saturated carbocycles. The number of rotatable bonds is 7. The van der Waals surface area contributed by atoms with Crippen LogP contribution in [0.25, 0.3) is 11.0 Å². The number of nitrogens with two attached hydrogens (primary N) is 2. The Balaban J connectivity index is 1.37. The van der Waals surface area contributed by atoms with E-state index in [0.29, 0.717) is 15.9 Å². The number of hydrogen-bond acceptors (Lipinski definition) is 15. The van der Waals surface area contributed by atoms with E-state index < -0.39 is 29.2 Å². The molecule has 2 aliphatic heterocycles. The van der Waals surface area contributed by atoms with E-state index in [9.17, 15) is 19.5 Å². The summed E-state index contributed by atoms with van der Waals surface area (Å²) in [5.74, 6) is -2.34. The Labute approximate surface area is 213 Å². The second kappa shape index (κ2) is 9.24. The molecule has 3 aromatic rings. The number of hydrogen-bond donors (Lipinski definition) is 5. The quantitative estimate of drug-likeness (QED) is 0.105. The zero-order valence-electron chi connectivity index (χ0n) is 18.0. The fraction of sp³-hybridized carbons (Fsp3) is 0.235. The number of H-pyrrole nitrogens is 1. The van der Waals surface area contributed by atoms with Crippen LogP contribution in [-0.2, 0) is 19.2 Å². The molecule has 3 aromatic heterocycles. The molecule has 2 amide bonds. The van der Waals surface area contributed by atoms with Gasteiger partial charge < -0.3 is 26.7 Å². The topological polar surface area (TPSA) is 241 Å². The van der Waals surface area contributed by atoms with Gasteiger partial charge in [0.05, 0.1) is 11.6 Å². The van der Waals surface area contributed by atoms with Gasteiger partial charge in [-0.25, -0.2) is 14.8 Å². The average Bonchev–Trinajstić information content (AvgIpc) is 3.49. The molecule has 5 rings (SSSR count). The Bertz CT molecular complexity index is 1470. The van der Waals surface area contributed by atoms with E-state index >= 15 is 0 Å². The van der Waals surface area contributed by atoms with Gasteiger partial charge in [0, 0.05) is 22.2 Å². The van der Waals surface area contributed by atoms with Gasteiger partial charge in [-0.15, -0.1) is 11.8 Å². The summed E-state index contributed by atoms with van der Waals surface area (Å²) in [6, 6.07) is -1.00. The lowest BCUT2D eigenvalue weighted by Crippen LogP contribution is -2.71. The maximum atomic E-state index is 13.0. The van der Waals surface area contributed by atoms with E-state index in [0.717, 1.165) is 28.2 Å². The summed E-state index contributed by atoms with van der Waals surface area (Å²) in [5.41, 5.74) is 11.4. The summed E-state index contributed by atoms with van der Waals surface area (Å²) in [6.07, 6.45) is 1.48. The molecule has 2 atom stereocenters. The van der Waals surface area contributed by atoms with Gasteiger partial charge in [0.15, 0.2) is 15.9 Å². The maximum absolute atomic E-state index is 13.0. The van der Waals surface area contributed by atoms with Gasteiger partial charge in [0.2, 0.25) is 11.5 Å². The number of nitrogen functional groups attached to an aromatic ring is 2. The van der Waals surface area contributed by atoms with Gasteiger partial charge in [-0.1, -0.05) is 16.9 Å². The second-order valence-electron chi connectivity index (χ2n) is 7.14. The number of oxime groups is 1. The van der Waals surface area contributed by atoms with E-state index in [1.54, 1.807) is 0 Å². The number of aromatic nitrogens is 6. The molecule has 16 nitrogen and oxygen atoms in total. The van der Waals surface area contributed by atoms with Gasteiger partial charge in [-0.3, -0.25) is 19.6 Å². The largest absolute Gasteiger partial charge is 0.477 e. The molecular weight excluding hydrogens is 534 g/mol. The van der Waals surface area contributed by atoms with Crippen molar-refractivity contribution in [2.75, 3.05) is 24.3 Å². The van der Waals surface area contributed by atoms with Crippen molar-refractivity contribution in [3.63, 3.8) is 0 Å². The van der Waals surface area contributed by atoms with Crippen molar-refractivity contribution >= 4 is 80.5 Å². The van der Waals surface area contributed by atoms with Crippen LogP contribution in [0, 0.1) is 0 Å². The number of carboxylic acid groups (broad SMARTS) is 1. The summed E-state index contributed by atoms with van der Waals surface area (Å²) in [5, 5.41) is 22.8. The van der Waals surface area contributed by atoms with E-state index in [1.807, 2.05) is 0 Å². The summed E-state index contributed by atoms with van der Waals surface area (Å²) in [6.45, 7) is 0. The number of amides is 2. The molecule has 0 aliphatic carbocycles. The zero-order chi connectivity index (χ0) is 25.6. The Morgan fingerprint density at radius 3 is 2.86 bits per heavy atom. The van der Waals surface area contributed by atoms with Crippen LogP contribution in [0.4, 0.5) is 10.9 Å². The molecule has 0 radical (unpaired) electrons. The maximum Gasteiger partial charge on any atom is 0.353 e. The minimum Gasteiger partial charge on any atom is -0.477 e. The standard InChI is InChI=1S/C17H15N11O5S3/c1-33-26-6(11-23-16(19)36-27-11)12(29)21-7-13(30)28-8(15(31)32)5(3-34-14(7)28)35-17-22-9(18)4-2-20-25-10(4)24-17/h2,7,14H,3H2,1H3,(H,21,29)(H,31,32)(H2,19,23,27)(H3,18,20,22,24,25)/b26-6-/t7?,14-/m1/s1. The minimum absolute atomic E-state index is 0.0601. The number of thioether (sulfide) groups is 2. The molecule has 0 bridgehead atoms. The molecule has 0 aromatic carbocycles. The fourth-order valence-corrected chi connectivity index (χ4v) is 6.33. The first-order chi connectivity index (χ1) is 17.3. The van der Waals surface area contributed by atoms with E-state index in [1.165, 1.54) is 25.1 Å². The zero-order valence-corrected chi connectivity index (χ0v) is 20.5. The molecule has 5 heterocycles. The van der Waals surface area contributed by atoms with Crippen molar-refractivity contribution in [1.82, 2.24) is 39.7 Å². The predicted octanol–water partition coefficient (Wildman–Crippen LogP) is -0.792. The summed E-state index contributed by atoms with van der Waals surface area (Å²) < 4.78 is 3.93. The summed E-state index contributed by atoms with van der Waals surface area (Å²) >= 11 is 3.12. The lowest BCUT2D eigenvalue weighted by molar-refractivity contribution is -0.150. The molecular formula is C17H15N11O5S3. The van der Waals surface area contributed by atoms with Crippen LogP contribution in [-0.4, -0.2) is 87.3 Å². The molecule has 19 heteroatoms. The van der Waals surface area contributed by atoms with Crippen LogP contribution in [0.1, 0.15) is 5.82 Å². The van der Waals surface area contributed by atoms with Crippen molar-refractivity contribution in [1.29, 1.82) is 0 Å². The Morgan fingerprint density at radius 2 is 2.17 bits per heavy atom. The van der Waals surface area contributed by atoms with E-state index in [-0.39, 0.29) is 39.1 Å². The summed E-state index contributed by atoms with van der Waals surface area (Å²) in [7, 11) is 1.24. The molecule has 7 N–H and O–H groups in total. The number of β-lactam (4-membered cyclic amide) rings is 1. The van der Waals surface area contributed by atoms with Gasteiger partial charge in [-0.2, -0.15) is 14.5 Å². The smallest absolute Gasteiger partial charge is 0.353 e. The molecule has 1 fully saturated rings. The van der Waals surface area contributed by atoms with E-state index in [4.69, 9.17) is 16.3 Å². The third-order valence-electron chi connectivity index (χ3n) is 5.01. The molecule has 1 saturated heterocycles. The summed E-state index contributed by atoms with van der Waals surface area (Å²) in [4.78, 5) is 56.5. The van der Waals surface area contributed by atoms with Crippen LogP contribution in [0.2, 0.25) is 0 Å². The number of fused-ring (bicyclic) bond motifs is 2. The predicted molar refractivity (Wildman–Crippen MR) is 130 cm³/mol. The van der Waals surface area contributed by atoms with Crippen LogP contribution < -0.4 is 16.8 Å². The number of carbonyl (C=O) groups is 3. The van der Waals surface area contributed by atoms with Gasteiger partial charge in [0.25, 0.3) is 11.8 Å². The number of nitrogens with zero attached hydrogens (tertiary/aromatic N) is 7. The normalized spacial score (nSPS) is 19.8. The van der Waals surface area contributed by atoms with Crippen molar-refractivity contribution in [3.8, 4) is 0 Å². The Hall–Kier alpha value is -3.97. The number of carboxylic acids is 1. The number of carbonyl (C=O) groups excluding carboxylic acids is 2. The number of nitrogens with one attached hydrogen (secondary N) is 2. The number of aliphatic carboxylic acids is 1. The monoisotopic (exact) mass is 549 g/mol. The van der Waals surface area contributed by atoms with Crippen molar-refractivity contribution in [2.45, 2.75) is 16.6 Å². The molecule has 186 valence electrons. The first-order valence-corrected chi connectivity index (χ1v) is 12.5. The Morgan fingerprint density at radius 1 is 1.36 bits per heavy atom. The third kappa shape index (κ3) is 4.05. The highest BCUT2D eigenvalue weighted by Crippen LogP contribution is 2.44. The van der Waals surface area contributed by atoms with Gasteiger partial charge in [-0.05, 0) is 0 Å². The third-order valence-corrected chi connectivity index (χ3v) is 7.96. The highest BCUT2D eigenvalue weighted by atomic mass is 32.2. The molecule has 1 unspecified atom stereocenters. The molecule has 0 spiro atoms. The first kappa shape index (κ1) is 23.8. The molecule has 2 aliphatic rings. The minimum atomic E-state index is -1.31. The van der Waals surface area contributed by atoms with Crippen LogP contribution in [0.5, 0.6) is 0 Å². The van der Waals surface area contributed by atoms with Crippen molar-refractivity contribution < 1.29 is 24.3 Å². The second-order valence-corrected chi connectivity index (χ2v) is 10.1. The SMILES string of the molecule is CO/N=C(\C(=O)NC1C(=O)N2C(C(=O)O)=C(Sc3nc(N)c4cn[nH]c4n3)CS[C@H]12)c1nsc(N)n1. The van der Waals surface area contributed by atoms with Crippen molar-refractivity contribution in [3.05, 3.63) is 22.6 Å². The number of aromatic amines is 1. The van der Waals surface area contributed by atoms with Crippen LogP contribution in [0.15, 0.2) is 27.1 Å². The van der Waals surface area contributed by atoms with E-state index in [2.05, 4.69) is 40.0 Å². The fourth-order valence-electron chi connectivity index (χ4n) is 3.48. The Kier molecular flexibility index (Phi) is 6.10. The lowest BCUT2D eigenvalue weighted by Gasteiger charge is -2.49. The average molecular weight is 550 g/mol. The molecule has 36 heavy (non-hydrogen) atoms. The van der Waals surface area contributed by atoms with Crippen LogP contribution >= 0.6 is 35.1 Å². The number of anilines is 2. The van der Waals surface area contributed by atoms with Crippen LogP contribution in [0.3, 0.4) is 0 Å². The van der Waals surface area contributed by atoms with Crippen molar-refractivity contribution in [2.24, 2.45) is 5.16 Å². The van der Waals surface area contributed by atoms with Gasteiger partial charge in [0.1, 0.15) is 30.0 Å². The first-order valence-electron chi connectivity index (χ1n) is 9.85. The lowest BCUT2D eigenvalue weighted by atomic mass is 10.0. The highest BCUT2D eigenvalue weighted by molar-refractivity contribution is 8.06. The highest BCUT2D eigenvalue weighted by Gasteiger charge is 2.54. The van der Waals surface area contributed by atoms with Gasteiger partial charge >= 0.3 is 5.97 Å².